The maximum absolute atomic E-state index is 13.6. The molecule has 0 spiro atoms. The van der Waals surface area contributed by atoms with Crippen LogP contribution in [0.1, 0.15) is 42.7 Å². The second-order valence-electron chi connectivity index (χ2n) is 5.12. The lowest BCUT2D eigenvalue weighted by molar-refractivity contribution is 0.0935. The van der Waals surface area contributed by atoms with E-state index in [0.29, 0.717) is 24.7 Å². The van der Waals surface area contributed by atoms with Crippen molar-refractivity contribution < 1.29 is 18.7 Å². The van der Waals surface area contributed by atoms with E-state index in [1.165, 1.54) is 12.3 Å². The predicted octanol–water partition coefficient (Wildman–Crippen LogP) is 3.51. The van der Waals surface area contributed by atoms with Crippen molar-refractivity contribution in [2.45, 2.75) is 26.8 Å². The number of hydrogen-bond donors (Lipinski definition) is 1. The van der Waals surface area contributed by atoms with Crippen molar-refractivity contribution in [3.63, 3.8) is 0 Å². The van der Waals surface area contributed by atoms with Crippen molar-refractivity contribution in [1.82, 2.24) is 10.3 Å². The fourth-order valence-electron chi connectivity index (χ4n) is 2.25. The lowest BCUT2D eigenvalue weighted by Crippen LogP contribution is -2.27. The zero-order chi connectivity index (χ0) is 17.5. The summed E-state index contributed by atoms with van der Waals surface area (Å²) in [5.74, 6) is 0.132. The molecule has 2 aromatic rings. The average molecular weight is 332 g/mol. The average Bonchev–Trinajstić information content (AvgIpc) is 2.57. The molecule has 1 N–H and O–H groups in total. The SMILES string of the molecule is CCOc1ccc(C(C)NC(=O)c2ccncc2F)cc1OCC. The summed E-state index contributed by atoms with van der Waals surface area (Å²) in [4.78, 5) is 15.8. The van der Waals surface area contributed by atoms with Gasteiger partial charge in [0.1, 0.15) is 0 Å². The van der Waals surface area contributed by atoms with Gasteiger partial charge in [-0.25, -0.2) is 4.39 Å². The molecule has 2 rings (SSSR count). The van der Waals surface area contributed by atoms with Crippen molar-refractivity contribution in [1.29, 1.82) is 0 Å². The van der Waals surface area contributed by atoms with Gasteiger partial charge in [-0.1, -0.05) is 6.07 Å². The molecule has 1 aromatic carbocycles. The molecule has 1 unspecified atom stereocenters. The quantitative estimate of drug-likeness (QED) is 0.843. The van der Waals surface area contributed by atoms with Gasteiger partial charge in [-0.05, 0) is 44.5 Å². The van der Waals surface area contributed by atoms with Gasteiger partial charge in [0.25, 0.3) is 5.91 Å². The number of amides is 1. The summed E-state index contributed by atoms with van der Waals surface area (Å²) in [5, 5.41) is 2.77. The van der Waals surface area contributed by atoms with Gasteiger partial charge in [-0.15, -0.1) is 0 Å². The Morgan fingerprint density at radius 3 is 2.58 bits per heavy atom. The molecule has 6 heteroatoms. The van der Waals surface area contributed by atoms with E-state index in [4.69, 9.17) is 9.47 Å². The number of benzene rings is 1. The van der Waals surface area contributed by atoms with Gasteiger partial charge >= 0.3 is 0 Å². The maximum atomic E-state index is 13.6. The summed E-state index contributed by atoms with van der Waals surface area (Å²) in [6, 6.07) is 6.50. The highest BCUT2D eigenvalue weighted by molar-refractivity contribution is 5.94. The fraction of sp³-hybridized carbons (Fsp3) is 0.333. The van der Waals surface area contributed by atoms with E-state index in [1.807, 2.05) is 32.9 Å². The zero-order valence-electron chi connectivity index (χ0n) is 14.0. The molecule has 0 radical (unpaired) electrons. The third kappa shape index (κ3) is 4.22. The lowest BCUT2D eigenvalue weighted by Gasteiger charge is -2.17. The van der Waals surface area contributed by atoms with Gasteiger partial charge in [-0.3, -0.25) is 9.78 Å². The van der Waals surface area contributed by atoms with Crippen LogP contribution in [0.5, 0.6) is 11.5 Å². The number of nitrogens with one attached hydrogen (secondary N) is 1. The first-order chi connectivity index (χ1) is 11.6. The third-order valence-corrected chi connectivity index (χ3v) is 3.43. The number of nitrogens with zero attached hydrogens (tertiary/aromatic N) is 1. The van der Waals surface area contributed by atoms with Crippen LogP contribution >= 0.6 is 0 Å². The molecule has 0 aliphatic heterocycles. The molecule has 0 saturated carbocycles. The molecule has 0 aliphatic carbocycles. The summed E-state index contributed by atoms with van der Waals surface area (Å²) in [7, 11) is 0. The van der Waals surface area contributed by atoms with E-state index in [2.05, 4.69) is 10.3 Å². The summed E-state index contributed by atoms with van der Waals surface area (Å²) in [6.07, 6.45) is 2.40. The minimum atomic E-state index is -0.649. The Kier molecular flexibility index (Phi) is 6.12. The molecular weight excluding hydrogens is 311 g/mol. The zero-order valence-corrected chi connectivity index (χ0v) is 14.0. The van der Waals surface area contributed by atoms with Crippen LogP contribution in [0.4, 0.5) is 4.39 Å². The first-order valence-electron chi connectivity index (χ1n) is 7.86. The minimum Gasteiger partial charge on any atom is -0.490 e. The Morgan fingerprint density at radius 1 is 1.21 bits per heavy atom. The third-order valence-electron chi connectivity index (χ3n) is 3.43. The van der Waals surface area contributed by atoms with Crippen LogP contribution in [0.25, 0.3) is 0 Å². The maximum Gasteiger partial charge on any atom is 0.254 e. The molecule has 24 heavy (non-hydrogen) atoms. The van der Waals surface area contributed by atoms with Gasteiger partial charge < -0.3 is 14.8 Å². The first kappa shape index (κ1) is 17.7. The molecule has 5 nitrogen and oxygen atoms in total. The number of pyridine rings is 1. The first-order valence-corrected chi connectivity index (χ1v) is 7.86. The highest BCUT2D eigenvalue weighted by Gasteiger charge is 2.16. The Labute approximate surface area is 140 Å². The van der Waals surface area contributed by atoms with Crippen LogP contribution in [0.2, 0.25) is 0 Å². The van der Waals surface area contributed by atoms with Crippen molar-refractivity contribution in [2.24, 2.45) is 0 Å². The van der Waals surface area contributed by atoms with E-state index >= 15 is 0 Å². The van der Waals surface area contributed by atoms with Crippen molar-refractivity contribution >= 4 is 5.91 Å². The molecule has 1 aromatic heterocycles. The molecule has 1 amide bonds. The number of aromatic nitrogens is 1. The Bertz CT molecular complexity index is 706. The van der Waals surface area contributed by atoms with Crippen molar-refractivity contribution in [3.05, 3.63) is 53.6 Å². The van der Waals surface area contributed by atoms with Gasteiger partial charge in [0.05, 0.1) is 31.0 Å². The molecule has 1 heterocycles. The van der Waals surface area contributed by atoms with Gasteiger partial charge in [0, 0.05) is 6.20 Å². The monoisotopic (exact) mass is 332 g/mol. The van der Waals surface area contributed by atoms with E-state index < -0.39 is 11.7 Å². The number of carbonyl (C=O) groups is 1. The van der Waals surface area contributed by atoms with Gasteiger partial charge in [0.2, 0.25) is 0 Å². The number of hydrogen-bond acceptors (Lipinski definition) is 4. The summed E-state index contributed by atoms with van der Waals surface area (Å²) >= 11 is 0. The van der Waals surface area contributed by atoms with E-state index in [0.717, 1.165) is 11.8 Å². The van der Waals surface area contributed by atoms with Gasteiger partial charge in [-0.2, -0.15) is 0 Å². The molecule has 0 fully saturated rings. The Balaban J connectivity index is 2.17. The minimum absolute atomic E-state index is 0.0344. The topological polar surface area (TPSA) is 60.5 Å². The molecule has 128 valence electrons. The summed E-state index contributed by atoms with van der Waals surface area (Å²) in [6.45, 7) is 6.65. The van der Waals surface area contributed by atoms with Crippen LogP contribution in [0.3, 0.4) is 0 Å². The number of rotatable bonds is 7. The smallest absolute Gasteiger partial charge is 0.254 e. The number of ether oxygens (including phenoxy) is 2. The van der Waals surface area contributed by atoms with Crippen LogP contribution in [0.15, 0.2) is 36.7 Å². The van der Waals surface area contributed by atoms with E-state index in [-0.39, 0.29) is 11.6 Å². The van der Waals surface area contributed by atoms with E-state index in [1.54, 1.807) is 6.07 Å². The lowest BCUT2D eigenvalue weighted by atomic mass is 10.1. The van der Waals surface area contributed by atoms with Crippen LogP contribution in [0, 0.1) is 5.82 Å². The Hall–Kier alpha value is -2.63. The highest BCUT2D eigenvalue weighted by Crippen LogP contribution is 2.30. The van der Waals surface area contributed by atoms with Crippen LogP contribution < -0.4 is 14.8 Å². The highest BCUT2D eigenvalue weighted by atomic mass is 19.1. The van der Waals surface area contributed by atoms with E-state index in [9.17, 15) is 9.18 Å². The molecule has 0 aliphatic rings. The Morgan fingerprint density at radius 2 is 1.92 bits per heavy atom. The molecular formula is C18H21FN2O3. The van der Waals surface area contributed by atoms with Gasteiger partial charge in [0.15, 0.2) is 17.3 Å². The van der Waals surface area contributed by atoms with Crippen molar-refractivity contribution in [3.8, 4) is 11.5 Å². The number of halogens is 1. The number of carbonyl (C=O) groups excluding carboxylic acids is 1. The molecule has 0 saturated heterocycles. The fourth-order valence-corrected chi connectivity index (χ4v) is 2.25. The largest absolute Gasteiger partial charge is 0.490 e. The summed E-state index contributed by atoms with van der Waals surface area (Å²) < 4.78 is 24.7. The standard InChI is InChI=1S/C18H21FN2O3/c1-4-23-16-7-6-13(10-17(16)24-5-2)12(3)21-18(22)14-8-9-20-11-15(14)19/h6-12H,4-5H2,1-3H3,(H,21,22). The molecule has 0 bridgehead atoms. The van der Waals surface area contributed by atoms with Crippen LogP contribution in [-0.4, -0.2) is 24.1 Å². The molecule has 1 atom stereocenters. The van der Waals surface area contributed by atoms with Crippen molar-refractivity contribution in [2.75, 3.05) is 13.2 Å². The normalized spacial score (nSPS) is 11.7. The predicted molar refractivity (Wildman–Crippen MR) is 88.9 cm³/mol. The second-order valence-corrected chi connectivity index (χ2v) is 5.12. The van der Waals surface area contributed by atoms with Crippen LogP contribution in [-0.2, 0) is 0 Å². The summed E-state index contributed by atoms with van der Waals surface area (Å²) in [5.41, 5.74) is 0.803. The second kappa shape index (κ2) is 8.29.